The molecule has 1 aromatic heterocycles. The highest BCUT2D eigenvalue weighted by atomic mass is 15.1. The molecule has 0 atom stereocenters. The minimum absolute atomic E-state index is 1.04. The van der Waals surface area contributed by atoms with E-state index in [4.69, 9.17) is 0 Å². The number of benzene rings is 2. The van der Waals surface area contributed by atoms with Crippen LogP contribution < -0.4 is 9.47 Å². The molecule has 0 spiro atoms. The summed E-state index contributed by atoms with van der Waals surface area (Å²) in [5.74, 6) is 0. The lowest BCUT2D eigenvalue weighted by atomic mass is 10.1. The zero-order valence-electron chi connectivity index (χ0n) is 15.7. The first-order chi connectivity index (χ1) is 12.1. The number of anilines is 1. The highest BCUT2D eigenvalue weighted by Gasteiger charge is 2.09. The third-order valence-corrected chi connectivity index (χ3v) is 4.83. The molecule has 0 amide bonds. The van der Waals surface area contributed by atoms with Gasteiger partial charge in [-0.25, -0.2) is 0 Å². The smallest absolute Gasteiger partial charge is 0.212 e. The van der Waals surface area contributed by atoms with E-state index in [1.54, 1.807) is 0 Å². The van der Waals surface area contributed by atoms with Crippen LogP contribution in [0.2, 0.25) is 0 Å². The van der Waals surface area contributed by atoms with Gasteiger partial charge in [0.2, 0.25) is 11.2 Å². The Labute approximate surface area is 151 Å². The first-order valence-electron chi connectivity index (χ1n) is 9.05. The van der Waals surface area contributed by atoms with Crippen molar-refractivity contribution in [3.8, 4) is 0 Å². The van der Waals surface area contributed by atoms with Crippen molar-refractivity contribution in [3.05, 3.63) is 71.4 Å². The van der Waals surface area contributed by atoms with Crippen LogP contribution in [-0.4, -0.2) is 13.1 Å². The average molecular weight is 331 g/mol. The Balaban J connectivity index is 1.85. The van der Waals surface area contributed by atoms with Crippen molar-refractivity contribution in [2.24, 2.45) is 7.05 Å². The number of aryl methyl sites for hydroxylation is 2. The van der Waals surface area contributed by atoms with Crippen LogP contribution in [0.1, 0.15) is 30.7 Å². The number of fused-ring (bicyclic) bond motifs is 1. The van der Waals surface area contributed by atoms with Gasteiger partial charge in [0.15, 0.2) is 0 Å². The van der Waals surface area contributed by atoms with Crippen molar-refractivity contribution in [2.75, 3.05) is 18.0 Å². The second kappa shape index (κ2) is 7.52. The monoisotopic (exact) mass is 331 g/mol. The van der Waals surface area contributed by atoms with E-state index in [-0.39, 0.29) is 0 Å². The van der Waals surface area contributed by atoms with Crippen LogP contribution in [0.25, 0.3) is 23.1 Å². The SMILES string of the molecule is CCN(CC)c1ccc(/C=C/c2ccc3cc(C)ccc3[n+]2C)cc1. The van der Waals surface area contributed by atoms with Crippen LogP contribution in [0.15, 0.2) is 54.6 Å². The van der Waals surface area contributed by atoms with Crippen LogP contribution in [0.5, 0.6) is 0 Å². The fraction of sp³-hybridized carbons (Fsp3) is 0.261. The maximum absolute atomic E-state index is 2.36. The van der Waals surface area contributed by atoms with Gasteiger partial charge in [0, 0.05) is 42.4 Å². The van der Waals surface area contributed by atoms with Gasteiger partial charge in [-0.3, -0.25) is 0 Å². The van der Waals surface area contributed by atoms with Gasteiger partial charge < -0.3 is 4.90 Å². The van der Waals surface area contributed by atoms with Gasteiger partial charge in [-0.1, -0.05) is 23.8 Å². The maximum Gasteiger partial charge on any atom is 0.212 e. The maximum atomic E-state index is 2.36. The largest absolute Gasteiger partial charge is 0.372 e. The summed E-state index contributed by atoms with van der Waals surface area (Å²) in [6, 6.07) is 19.8. The first kappa shape index (κ1) is 17.2. The molecule has 2 aromatic carbocycles. The molecule has 3 aromatic rings. The molecule has 0 N–H and O–H groups in total. The van der Waals surface area contributed by atoms with Crippen molar-refractivity contribution >= 4 is 28.7 Å². The van der Waals surface area contributed by atoms with Crippen molar-refractivity contribution < 1.29 is 4.57 Å². The molecule has 0 aliphatic carbocycles. The highest BCUT2D eigenvalue weighted by Crippen LogP contribution is 2.17. The summed E-state index contributed by atoms with van der Waals surface area (Å²) in [5.41, 5.74) is 6.26. The minimum Gasteiger partial charge on any atom is -0.372 e. The highest BCUT2D eigenvalue weighted by molar-refractivity contribution is 5.78. The van der Waals surface area contributed by atoms with Gasteiger partial charge in [0.05, 0.1) is 0 Å². The number of nitrogens with zero attached hydrogens (tertiary/aromatic N) is 2. The molecule has 0 saturated heterocycles. The molecule has 0 unspecified atom stereocenters. The Hall–Kier alpha value is -2.61. The fourth-order valence-electron chi connectivity index (χ4n) is 3.27. The van der Waals surface area contributed by atoms with E-state index in [0.29, 0.717) is 0 Å². The fourth-order valence-corrected chi connectivity index (χ4v) is 3.27. The second-order valence-electron chi connectivity index (χ2n) is 6.48. The molecule has 0 radical (unpaired) electrons. The average Bonchev–Trinajstić information content (AvgIpc) is 2.63. The molecule has 0 aliphatic rings. The van der Waals surface area contributed by atoms with Gasteiger partial charge in [-0.2, -0.15) is 4.57 Å². The van der Waals surface area contributed by atoms with Crippen LogP contribution >= 0.6 is 0 Å². The zero-order chi connectivity index (χ0) is 17.8. The quantitative estimate of drug-likeness (QED) is 0.597. The summed E-state index contributed by atoms with van der Waals surface area (Å²) >= 11 is 0. The van der Waals surface area contributed by atoms with Gasteiger partial charge >= 0.3 is 0 Å². The Bertz CT molecular complexity index is 888. The van der Waals surface area contributed by atoms with Crippen molar-refractivity contribution in [1.29, 1.82) is 0 Å². The molecular formula is C23H27N2+. The standard InChI is InChI=1S/C23H27N2/c1-5-25(6-2)22-13-9-19(10-14-22)8-12-21-15-11-20-17-18(3)7-16-23(20)24(21)4/h7-17H,5-6H2,1-4H3/q+1. The molecular weight excluding hydrogens is 304 g/mol. The van der Waals surface area contributed by atoms with Gasteiger partial charge in [-0.15, -0.1) is 0 Å². The number of rotatable bonds is 5. The minimum atomic E-state index is 1.04. The number of hydrogen-bond acceptors (Lipinski definition) is 1. The summed E-state index contributed by atoms with van der Waals surface area (Å²) in [5, 5.41) is 1.28. The molecule has 3 rings (SSSR count). The summed E-state index contributed by atoms with van der Waals surface area (Å²) in [6.07, 6.45) is 4.37. The number of pyridine rings is 1. The Morgan fingerprint density at radius 1 is 0.880 bits per heavy atom. The summed E-state index contributed by atoms with van der Waals surface area (Å²) < 4.78 is 2.25. The summed E-state index contributed by atoms with van der Waals surface area (Å²) in [7, 11) is 2.13. The van der Waals surface area contributed by atoms with Crippen molar-refractivity contribution in [2.45, 2.75) is 20.8 Å². The molecule has 2 nitrogen and oxygen atoms in total. The second-order valence-corrected chi connectivity index (χ2v) is 6.48. The summed E-state index contributed by atoms with van der Waals surface area (Å²) in [4.78, 5) is 2.36. The lowest BCUT2D eigenvalue weighted by Gasteiger charge is -2.20. The first-order valence-corrected chi connectivity index (χ1v) is 9.05. The molecule has 1 heterocycles. The van der Waals surface area contributed by atoms with E-state index in [9.17, 15) is 0 Å². The predicted molar refractivity (Wildman–Crippen MR) is 109 cm³/mol. The molecule has 2 heteroatoms. The normalized spacial score (nSPS) is 11.4. The Morgan fingerprint density at radius 3 is 2.28 bits per heavy atom. The molecule has 0 saturated carbocycles. The molecule has 0 aliphatic heterocycles. The summed E-state index contributed by atoms with van der Waals surface area (Å²) in [6.45, 7) is 8.60. The molecule has 0 bridgehead atoms. The lowest BCUT2D eigenvalue weighted by molar-refractivity contribution is -0.646. The van der Waals surface area contributed by atoms with E-state index < -0.39 is 0 Å². The lowest BCUT2D eigenvalue weighted by Crippen LogP contribution is -2.32. The van der Waals surface area contributed by atoms with E-state index in [1.807, 2.05) is 0 Å². The number of aromatic nitrogens is 1. The van der Waals surface area contributed by atoms with Crippen molar-refractivity contribution in [1.82, 2.24) is 0 Å². The van der Waals surface area contributed by atoms with Crippen LogP contribution in [0, 0.1) is 6.92 Å². The van der Waals surface area contributed by atoms with Gasteiger partial charge in [-0.05, 0) is 56.7 Å². The van der Waals surface area contributed by atoms with Gasteiger partial charge in [0.25, 0.3) is 0 Å². The zero-order valence-corrected chi connectivity index (χ0v) is 15.7. The topological polar surface area (TPSA) is 7.12 Å². The Morgan fingerprint density at radius 2 is 1.60 bits per heavy atom. The van der Waals surface area contributed by atoms with Crippen molar-refractivity contribution in [3.63, 3.8) is 0 Å². The third kappa shape index (κ3) is 3.74. The van der Waals surface area contributed by atoms with E-state index >= 15 is 0 Å². The third-order valence-electron chi connectivity index (χ3n) is 4.83. The van der Waals surface area contributed by atoms with E-state index in [1.165, 1.54) is 33.4 Å². The van der Waals surface area contributed by atoms with Crippen LogP contribution in [-0.2, 0) is 7.05 Å². The van der Waals surface area contributed by atoms with Gasteiger partial charge in [0.1, 0.15) is 7.05 Å². The number of hydrogen-bond donors (Lipinski definition) is 0. The van der Waals surface area contributed by atoms with Crippen LogP contribution in [0.3, 0.4) is 0 Å². The molecule has 25 heavy (non-hydrogen) atoms. The molecule has 0 fully saturated rings. The molecule has 128 valence electrons. The van der Waals surface area contributed by atoms with Crippen LogP contribution in [0.4, 0.5) is 5.69 Å². The van der Waals surface area contributed by atoms with E-state index in [0.717, 1.165) is 13.1 Å². The predicted octanol–water partition coefficient (Wildman–Crippen LogP) is 4.99. The van der Waals surface area contributed by atoms with E-state index in [2.05, 4.69) is 104 Å². The Kier molecular flexibility index (Phi) is 5.18.